The fourth-order valence-corrected chi connectivity index (χ4v) is 4.25. The highest BCUT2D eigenvalue weighted by atomic mass is 79.9. The topological polar surface area (TPSA) is 34.0 Å². The van der Waals surface area contributed by atoms with E-state index in [4.69, 9.17) is 0 Å². The molecule has 5 heteroatoms. The van der Waals surface area contributed by atoms with Gasteiger partial charge in [0.15, 0.2) is 0 Å². The van der Waals surface area contributed by atoms with Gasteiger partial charge in [-0.2, -0.15) is 0 Å². The number of aromatic nitrogens is 1. The van der Waals surface area contributed by atoms with Crippen LogP contribution in [-0.2, 0) is 24.2 Å². The maximum absolute atomic E-state index is 12.0. The van der Waals surface area contributed by atoms with Gasteiger partial charge in [0.1, 0.15) is 5.82 Å². The number of nitrogens with zero attached hydrogens (tertiary/aromatic N) is 1. The van der Waals surface area contributed by atoms with Gasteiger partial charge in [-0.15, -0.1) is 0 Å². The Hall–Kier alpha value is -2.14. The van der Waals surface area contributed by atoms with Gasteiger partial charge in [-0.1, -0.05) is 48.0 Å². The van der Waals surface area contributed by atoms with Gasteiger partial charge >= 0.3 is 0 Å². The van der Waals surface area contributed by atoms with Gasteiger partial charge in [-0.25, -0.2) is 4.39 Å². The van der Waals surface area contributed by atoms with Crippen molar-refractivity contribution >= 4 is 32.7 Å². The van der Waals surface area contributed by atoms with Gasteiger partial charge in [0, 0.05) is 39.6 Å². The van der Waals surface area contributed by atoms with E-state index in [2.05, 4.69) is 50.9 Å². The molecule has 1 heterocycles. The highest BCUT2D eigenvalue weighted by molar-refractivity contribution is 9.10. The minimum absolute atomic E-state index is 0.0486. The van der Waals surface area contributed by atoms with Crippen molar-refractivity contribution in [3.05, 3.63) is 70.1 Å². The predicted molar refractivity (Wildman–Crippen MR) is 121 cm³/mol. The lowest BCUT2D eigenvalue weighted by atomic mass is 9.91. The molecule has 1 atom stereocenters. The molecule has 3 nitrogen and oxygen atoms in total. The quantitative estimate of drug-likeness (QED) is 0.522. The molecule has 4 rings (SSSR count). The standard InChI is InChI=1S/C18H23BrN2O.C6H5F/c1-4-21-16-7-5-12(19)9-14(16)15-10-13(6-8-17(15)21)20-18(22)11(2)3;7-6-4-2-1-3-5-6/h5,7,9,11,13H,4,6,8,10H2,1-3H3,(H,20,22);1-5H. The lowest BCUT2D eigenvalue weighted by molar-refractivity contribution is -0.124. The second-order valence-electron chi connectivity index (χ2n) is 7.73. The average Bonchev–Trinajstić information content (AvgIpc) is 3.01. The van der Waals surface area contributed by atoms with E-state index in [1.807, 2.05) is 13.8 Å². The van der Waals surface area contributed by atoms with Gasteiger partial charge in [0.2, 0.25) is 5.91 Å². The number of carbonyl (C=O) groups excluding carboxylic acids is 1. The molecule has 2 aromatic carbocycles. The summed E-state index contributed by atoms with van der Waals surface area (Å²) >= 11 is 3.59. The van der Waals surface area contributed by atoms with E-state index in [9.17, 15) is 9.18 Å². The summed E-state index contributed by atoms with van der Waals surface area (Å²) in [6.45, 7) is 7.10. The Morgan fingerprint density at radius 2 is 1.97 bits per heavy atom. The first kappa shape index (κ1) is 21.6. The summed E-state index contributed by atoms with van der Waals surface area (Å²) < 4.78 is 15.5. The molecule has 1 aliphatic carbocycles. The van der Waals surface area contributed by atoms with Crippen molar-refractivity contribution in [2.24, 2.45) is 5.92 Å². The zero-order valence-electron chi connectivity index (χ0n) is 17.2. The minimum Gasteiger partial charge on any atom is -0.353 e. The lowest BCUT2D eigenvalue weighted by Crippen LogP contribution is -2.40. The Morgan fingerprint density at radius 1 is 1.24 bits per heavy atom. The third-order valence-corrected chi connectivity index (χ3v) is 5.84. The molecule has 29 heavy (non-hydrogen) atoms. The predicted octanol–water partition coefficient (Wildman–Crippen LogP) is 5.88. The second kappa shape index (κ2) is 9.57. The molecule has 1 amide bonds. The van der Waals surface area contributed by atoms with Crippen LogP contribution in [0.15, 0.2) is 53.0 Å². The normalized spacial score (nSPS) is 15.6. The van der Waals surface area contributed by atoms with Crippen LogP contribution in [0.1, 0.15) is 38.4 Å². The number of aryl methyl sites for hydroxylation is 1. The van der Waals surface area contributed by atoms with Crippen LogP contribution in [0.3, 0.4) is 0 Å². The molecule has 0 radical (unpaired) electrons. The Bertz CT molecular complexity index is 981. The number of rotatable bonds is 3. The van der Waals surface area contributed by atoms with E-state index < -0.39 is 0 Å². The van der Waals surface area contributed by atoms with E-state index >= 15 is 0 Å². The molecule has 0 spiro atoms. The number of amides is 1. The van der Waals surface area contributed by atoms with Crippen molar-refractivity contribution < 1.29 is 9.18 Å². The van der Waals surface area contributed by atoms with Crippen LogP contribution in [0.2, 0.25) is 0 Å². The first-order valence-electron chi connectivity index (χ1n) is 10.2. The molecular formula is C24H28BrFN2O. The summed E-state index contributed by atoms with van der Waals surface area (Å²) in [4.78, 5) is 12.0. The molecule has 1 unspecified atom stereocenters. The highest BCUT2D eigenvalue weighted by Gasteiger charge is 2.26. The van der Waals surface area contributed by atoms with Crippen LogP contribution >= 0.6 is 15.9 Å². The summed E-state index contributed by atoms with van der Waals surface area (Å²) in [5.41, 5.74) is 4.18. The third-order valence-electron chi connectivity index (χ3n) is 5.35. The van der Waals surface area contributed by atoms with Gasteiger partial charge in [-0.05, 0) is 62.1 Å². The summed E-state index contributed by atoms with van der Waals surface area (Å²) in [6, 6.07) is 14.7. The van der Waals surface area contributed by atoms with Crippen molar-refractivity contribution in [3.63, 3.8) is 0 Å². The molecule has 0 aliphatic heterocycles. The summed E-state index contributed by atoms with van der Waals surface area (Å²) in [6.07, 6.45) is 3.01. The van der Waals surface area contributed by atoms with Gasteiger partial charge < -0.3 is 9.88 Å². The van der Waals surface area contributed by atoms with E-state index in [0.29, 0.717) is 0 Å². The number of benzene rings is 2. The van der Waals surface area contributed by atoms with Crippen LogP contribution in [0.4, 0.5) is 4.39 Å². The van der Waals surface area contributed by atoms with Crippen LogP contribution in [0.25, 0.3) is 10.9 Å². The Morgan fingerprint density at radius 3 is 2.55 bits per heavy atom. The Balaban J connectivity index is 0.000000290. The maximum atomic E-state index is 12.0. The molecule has 154 valence electrons. The van der Waals surface area contributed by atoms with Gasteiger partial charge in [0.25, 0.3) is 0 Å². The van der Waals surface area contributed by atoms with Crippen molar-refractivity contribution in [3.8, 4) is 0 Å². The zero-order chi connectivity index (χ0) is 21.0. The molecule has 3 aromatic rings. The first-order valence-corrected chi connectivity index (χ1v) is 11.0. The fraction of sp³-hybridized carbons (Fsp3) is 0.375. The average molecular weight is 459 g/mol. The molecule has 0 fully saturated rings. The van der Waals surface area contributed by atoms with E-state index in [-0.39, 0.29) is 23.7 Å². The number of hydrogen-bond acceptors (Lipinski definition) is 1. The largest absolute Gasteiger partial charge is 0.353 e. The Labute approximate surface area is 180 Å². The summed E-state index contributed by atoms with van der Waals surface area (Å²) in [5, 5.41) is 4.53. The lowest BCUT2D eigenvalue weighted by Gasteiger charge is -2.25. The molecule has 1 aromatic heterocycles. The first-order chi connectivity index (χ1) is 13.9. The maximum Gasteiger partial charge on any atom is 0.222 e. The van der Waals surface area contributed by atoms with E-state index in [0.717, 1.165) is 30.3 Å². The number of hydrogen-bond donors (Lipinski definition) is 1. The van der Waals surface area contributed by atoms with Crippen molar-refractivity contribution in [2.75, 3.05) is 0 Å². The highest BCUT2D eigenvalue weighted by Crippen LogP contribution is 2.34. The summed E-state index contributed by atoms with van der Waals surface area (Å²) in [5.74, 6) is 0.0314. The number of fused-ring (bicyclic) bond motifs is 3. The number of halogens is 2. The van der Waals surface area contributed by atoms with Crippen molar-refractivity contribution in [1.82, 2.24) is 9.88 Å². The molecule has 0 bridgehead atoms. The van der Waals surface area contributed by atoms with Crippen molar-refractivity contribution in [1.29, 1.82) is 0 Å². The fourth-order valence-electron chi connectivity index (χ4n) is 3.89. The Kier molecular flexibility index (Phi) is 7.12. The third kappa shape index (κ3) is 5.08. The van der Waals surface area contributed by atoms with Crippen LogP contribution in [0, 0.1) is 11.7 Å². The molecule has 1 N–H and O–H groups in total. The minimum atomic E-state index is -0.178. The number of carbonyl (C=O) groups is 1. The smallest absolute Gasteiger partial charge is 0.222 e. The molecular weight excluding hydrogens is 431 g/mol. The second-order valence-corrected chi connectivity index (χ2v) is 8.65. The van der Waals surface area contributed by atoms with Crippen LogP contribution < -0.4 is 5.32 Å². The summed E-state index contributed by atoms with van der Waals surface area (Å²) in [7, 11) is 0. The number of nitrogens with one attached hydrogen (secondary N) is 1. The zero-order valence-corrected chi connectivity index (χ0v) is 18.8. The van der Waals surface area contributed by atoms with E-state index in [1.165, 1.54) is 34.3 Å². The van der Waals surface area contributed by atoms with Crippen molar-refractivity contribution in [2.45, 2.75) is 52.6 Å². The molecule has 0 saturated carbocycles. The van der Waals surface area contributed by atoms with Crippen LogP contribution in [0.5, 0.6) is 0 Å². The van der Waals surface area contributed by atoms with Gasteiger partial charge in [-0.3, -0.25) is 4.79 Å². The molecule has 0 saturated heterocycles. The van der Waals surface area contributed by atoms with Crippen LogP contribution in [-0.4, -0.2) is 16.5 Å². The van der Waals surface area contributed by atoms with E-state index in [1.54, 1.807) is 18.2 Å². The van der Waals surface area contributed by atoms with Gasteiger partial charge in [0.05, 0.1) is 0 Å². The SMILES string of the molecule is CCn1c2c(c3cc(Br)ccc31)CC(NC(=O)C(C)C)CC2.Fc1ccccc1. The molecule has 1 aliphatic rings. The monoisotopic (exact) mass is 458 g/mol.